The fourth-order valence-electron chi connectivity index (χ4n) is 1.57. The molecule has 1 nitrogen and oxygen atoms in total. The number of benzene rings is 1. The first-order chi connectivity index (χ1) is 8.26. The second-order valence-corrected chi connectivity index (χ2v) is 5.67. The molecule has 1 aromatic carbocycles. The summed E-state index contributed by atoms with van der Waals surface area (Å²) in [5.74, 6) is 2.25. The molecule has 0 aliphatic rings. The van der Waals surface area contributed by atoms with Crippen LogP contribution in [0.2, 0.25) is 5.02 Å². The zero-order valence-electron chi connectivity index (χ0n) is 10.7. The Morgan fingerprint density at radius 1 is 1.24 bits per heavy atom. The van der Waals surface area contributed by atoms with Crippen LogP contribution in [0.1, 0.15) is 32.3 Å². The maximum Gasteiger partial charge on any atom is 0.0406 e. The number of hydrogen-bond donors (Lipinski definition) is 1. The van der Waals surface area contributed by atoms with E-state index in [2.05, 4.69) is 31.3 Å². The summed E-state index contributed by atoms with van der Waals surface area (Å²) >= 11 is 7.85. The molecule has 1 atom stereocenters. The smallest absolute Gasteiger partial charge is 0.0406 e. The van der Waals surface area contributed by atoms with E-state index in [9.17, 15) is 0 Å². The second kappa shape index (κ2) is 8.84. The summed E-state index contributed by atoms with van der Waals surface area (Å²) < 4.78 is 0. The maximum atomic E-state index is 5.86. The molecule has 0 aliphatic carbocycles. The normalized spacial score (nSPS) is 12.6. The standard InChI is InChI=1S/C14H22ClNS/c1-3-9-16-14(4-2)11-17-10-12-5-7-13(15)8-6-12/h5-8,14,16H,3-4,9-11H2,1-2H3. The van der Waals surface area contributed by atoms with Gasteiger partial charge in [-0.3, -0.25) is 0 Å². The van der Waals surface area contributed by atoms with Gasteiger partial charge >= 0.3 is 0 Å². The Labute approximate surface area is 114 Å². The predicted octanol–water partition coefficient (Wildman–Crippen LogP) is 4.35. The van der Waals surface area contributed by atoms with Gasteiger partial charge in [0.25, 0.3) is 0 Å². The Morgan fingerprint density at radius 3 is 2.53 bits per heavy atom. The Kier molecular flexibility index (Phi) is 7.74. The van der Waals surface area contributed by atoms with Crippen molar-refractivity contribution >= 4 is 23.4 Å². The molecule has 96 valence electrons. The third-order valence-electron chi connectivity index (χ3n) is 2.68. The van der Waals surface area contributed by atoms with Crippen LogP contribution < -0.4 is 5.32 Å². The van der Waals surface area contributed by atoms with E-state index in [1.165, 1.54) is 24.2 Å². The van der Waals surface area contributed by atoms with Gasteiger partial charge in [-0.05, 0) is 37.1 Å². The van der Waals surface area contributed by atoms with Gasteiger partial charge in [0.2, 0.25) is 0 Å². The molecule has 0 saturated carbocycles. The van der Waals surface area contributed by atoms with Gasteiger partial charge in [-0.2, -0.15) is 11.8 Å². The minimum atomic E-state index is 0.646. The van der Waals surface area contributed by atoms with Crippen molar-refractivity contribution < 1.29 is 0 Å². The van der Waals surface area contributed by atoms with Crippen LogP contribution in [0.4, 0.5) is 0 Å². The van der Waals surface area contributed by atoms with Crippen LogP contribution in [0.3, 0.4) is 0 Å². The zero-order valence-corrected chi connectivity index (χ0v) is 12.3. The van der Waals surface area contributed by atoms with E-state index >= 15 is 0 Å². The van der Waals surface area contributed by atoms with Crippen LogP contribution in [0, 0.1) is 0 Å². The van der Waals surface area contributed by atoms with E-state index in [-0.39, 0.29) is 0 Å². The highest BCUT2D eigenvalue weighted by Crippen LogP contribution is 2.16. The van der Waals surface area contributed by atoms with E-state index in [1.807, 2.05) is 23.9 Å². The van der Waals surface area contributed by atoms with E-state index < -0.39 is 0 Å². The molecule has 0 aromatic heterocycles. The lowest BCUT2D eigenvalue weighted by Gasteiger charge is -2.15. The Morgan fingerprint density at radius 2 is 1.94 bits per heavy atom. The molecule has 0 spiro atoms. The zero-order chi connectivity index (χ0) is 12.5. The number of rotatable bonds is 8. The number of hydrogen-bond acceptors (Lipinski definition) is 2. The van der Waals surface area contributed by atoms with Crippen molar-refractivity contribution in [1.29, 1.82) is 0 Å². The summed E-state index contributed by atoms with van der Waals surface area (Å²) in [4.78, 5) is 0. The van der Waals surface area contributed by atoms with Crippen molar-refractivity contribution in [3.63, 3.8) is 0 Å². The summed E-state index contributed by atoms with van der Waals surface area (Å²) in [5, 5.41) is 4.39. The van der Waals surface area contributed by atoms with Gasteiger partial charge in [-0.25, -0.2) is 0 Å². The van der Waals surface area contributed by atoms with Gasteiger partial charge in [0.05, 0.1) is 0 Å². The lowest BCUT2D eigenvalue weighted by Crippen LogP contribution is -2.31. The average Bonchev–Trinajstić information content (AvgIpc) is 2.36. The highest BCUT2D eigenvalue weighted by atomic mass is 35.5. The third-order valence-corrected chi connectivity index (χ3v) is 4.10. The summed E-state index contributed by atoms with van der Waals surface area (Å²) in [6.45, 7) is 5.58. The minimum absolute atomic E-state index is 0.646. The lowest BCUT2D eigenvalue weighted by molar-refractivity contribution is 0.539. The van der Waals surface area contributed by atoms with Gasteiger partial charge < -0.3 is 5.32 Å². The summed E-state index contributed by atoms with van der Waals surface area (Å²) in [6.07, 6.45) is 2.41. The summed E-state index contributed by atoms with van der Waals surface area (Å²) in [7, 11) is 0. The van der Waals surface area contributed by atoms with E-state index in [4.69, 9.17) is 11.6 Å². The van der Waals surface area contributed by atoms with Gasteiger partial charge in [-0.1, -0.05) is 37.6 Å². The van der Waals surface area contributed by atoms with Gasteiger partial charge in [-0.15, -0.1) is 0 Å². The van der Waals surface area contributed by atoms with Crippen LogP contribution in [0.15, 0.2) is 24.3 Å². The average molecular weight is 272 g/mol. The molecule has 0 heterocycles. The van der Waals surface area contributed by atoms with Crippen LogP contribution in [0.25, 0.3) is 0 Å². The van der Waals surface area contributed by atoms with Crippen molar-refractivity contribution in [2.45, 2.75) is 38.5 Å². The molecule has 0 fully saturated rings. The molecule has 0 radical (unpaired) electrons. The SMILES string of the molecule is CCCNC(CC)CSCc1ccc(Cl)cc1. The van der Waals surface area contributed by atoms with Crippen LogP contribution in [0.5, 0.6) is 0 Å². The fraction of sp³-hybridized carbons (Fsp3) is 0.571. The van der Waals surface area contributed by atoms with E-state index in [0.29, 0.717) is 6.04 Å². The minimum Gasteiger partial charge on any atom is -0.313 e. The van der Waals surface area contributed by atoms with Crippen LogP contribution in [-0.4, -0.2) is 18.3 Å². The largest absolute Gasteiger partial charge is 0.313 e. The van der Waals surface area contributed by atoms with Crippen molar-refractivity contribution in [2.24, 2.45) is 0 Å². The van der Waals surface area contributed by atoms with Gasteiger partial charge in [0.1, 0.15) is 0 Å². The Balaban J connectivity index is 2.23. The lowest BCUT2D eigenvalue weighted by atomic mass is 10.2. The molecule has 1 aromatic rings. The third kappa shape index (κ3) is 6.35. The van der Waals surface area contributed by atoms with Crippen molar-refractivity contribution in [3.8, 4) is 0 Å². The van der Waals surface area contributed by atoms with Crippen LogP contribution in [-0.2, 0) is 5.75 Å². The summed E-state index contributed by atoms with van der Waals surface area (Å²) in [6, 6.07) is 8.78. The predicted molar refractivity (Wildman–Crippen MR) is 80.0 cm³/mol. The molecule has 0 amide bonds. The number of thioether (sulfide) groups is 1. The Bertz CT molecular complexity index is 300. The molecular weight excluding hydrogens is 250 g/mol. The van der Waals surface area contributed by atoms with Crippen molar-refractivity contribution in [2.75, 3.05) is 12.3 Å². The molecular formula is C14H22ClNS. The topological polar surface area (TPSA) is 12.0 Å². The molecule has 0 aliphatic heterocycles. The van der Waals surface area contributed by atoms with Crippen molar-refractivity contribution in [3.05, 3.63) is 34.9 Å². The molecule has 1 unspecified atom stereocenters. The summed E-state index contributed by atoms with van der Waals surface area (Å²) in [5.41, 5.74) is 1.35. The second-order valence-electron chi connectivity index (χ2n) is 4.20. The number of nitrogens with one attached hydrogen (secondary N) is 1. The van der Waals surface area contributed by atoms with Crippen molar-refractivity contribution in [1.82, 2.24) is 5.32 Å². The van der Waals surface area contributed by atoms with Gasteiger partial charge in [0, 0.05) is 22.6 Å². The Hall–Kier alpha value is -0.180. The van der Waals surface area contributed by atoms with Gasteiger partial charge in [0.15, 0.2) is 0 Å². The van der Waals surface area contributed by atoms with E-state index in [1.54, 1.807) is 0 Å². The first-order valence-electron chi connectivity index (χ1n) is 6.31. The number of halogens is 1. The molecule has 17 heavy (non-hydrogen) atoms. The highest BCUT2D eigenvalue weighted by molar-refractivity contribution is 7.98. The molecule has 0 saturated heterocycles. The molecule has 0 bridgehead atoms. The fourth-order valence-corrected chi connectivity index (χ4v) is 2.88. The highest BCUT2D eigenvalue weighted by Gasteiger charge is 2.04. The monoisotopic (exact) mass is 271 g/mol. The molecule has 1 rings (SSSR count). The molecule has 1 N–H and O–H groups in total. The quantitative estimate of drug-likeness (QED) is 0.754. The van der Waals surface area contributed by atoms with E-state index in [0.717, 1.165) is 17.3 Å². The molecule has 3 heteroatoms. The van der Waals surface area contributed by atoms with Crippen LogP contribution >= 0.6 is 23.4 Å². The first kappa shape index (κ1) is 14.9. The first-order valence-corrected chi connectivity index (χ1v) is 7.85. The maximum absolute atomic E-state index is 5.86.